The van der Waals surface area contributed by atoms with Gasteiger partial charge in [0.25, 0.3) is 11.8 Å². The second-order valence-corrected chi connectivity index (χ2v) is 6.03. The van der Waals surface area contributed by atoms with Gasteiger partial charge in [0.1, 0.15) is 12.1 Å². The van der Waals surface area contributed by atoms with E-state index in [9.17, 15) is 14.4 Å². The second-order valence-electron chi connectivity index (χ2n) is 5.64. The van der Waals surface area contributed by atoms with Crippen LogP contribution in [0.2, 0.25) is 0 Å². The van der Waals surface area contributed by atoms with Crippen molar-refractivity contribution >= 4 is 52.1 Å². The Morgan fingerprint density at radius 1 is 1.31 bits per heavy atom. The van der Waals surface area contributed by atoms with Crippen LogP contribution >= 0.6 is 12.2 Å². The van der Waals surface area contributed by atoms with Gasteiger partial charge in [-0.3, -0.25) is 24.6 Å². The maximum absolute atomic E-state index is 12.6. The third kappa shape index (κ3) is 3.14. The number of carboxylic acids is 1. The first kappa shape index (κ1) is 17.6. The maximum atomic E-state index is 12.6. The van der Waals surface area contributed by atoms with Crippen molar-refractivity contribution in [1.82, 2.24) is 14.8 Å². The molecule has 0 aliphatic carbocycles. The molecule has 26 heavy (non-hydrogen) atoms. The third-order valence-electron chi connectivity index (χ3n) is 3.92. The average Bonchev–Trinajstić information content (AvgIpc) is 2.92. The van der Waals surface area contributed by atoms with Crippen molar-refractivity contribution in [3.8, 4) is 0 Å². The summed E-state index contributed by atoms with van der Waals surface area (Å²) in [6, 6.07) is 7.18. The summed E-state index contributed by atoms with van der Waals surface area (Å²) in [4.78, 5) is 37.2. The molecular weight excluding hydrogens is 354 g/mol. The van der Waals surface area contributed by atoms with Crippen LogP contribution in [0.5, 0.6) is 0 Å². The fraction of sp³-hybridized carbons (Fsp3) is 0.111. The molecule has 2 N–H and O–H groups in total. The van der Waals surface area contributed by atoms with E-state index in [4.69, 9.17) is 17.3 Å². The molecule has 0 saturated carbocycles. The number of aromatic nitrogens is 1. The molecule has 0 bridgehead atoms. The highest BCUT2D eigenvalue weighted by Gasteiger charge is 2.32. The molecule has 1 aliphatic heterocycles. The number of carboxylic acid groups (broad SMARTS) is 1. The Morgan fingerprint density at radius 2 is 2.04 bits per heavy atom. The lowest BCUT2D eigenvalue weighted by Gasteiger charge is -2.27. The van der Waals surface area contributed by atoms with Crippen LogP contribution in [0.25, 0.3) is 17.0 Å². The second kappa shape index (κ2) is 6.93. The molecule has 1 aromatic heterocycles. The summed E-state index contributed by atoms with van der Waals surface area (Å²) in [5.41, 5.74) is 1.20. The van der Waals surface area contributed by atoms with E-state index in [0.29, 0.717) is 11.1 Å². The van der Waals surface area contributed by atoms with Gasteiger partial charge in [0.05, 0.1) is 0 Å². The van der Waals surface area contributed by atoms with Crippen molar-refractivity contribution in [3.63, 3.8) is 0 Å². The van der Waals surface area contributed by atoms with Crippen LogP contribution < -0.4 is 5.32 Å². The third-order valence-corrected chi connectivity index (χ3v) is 4.24. The molecule has 2 heterocycles. The summed E-state index contributed by atoms with van der Waals surface area (Å²) in [7, 11) is 0. The molecule has 2 aromatic rings. The van der Waals surface area contributed by atoms with Crippen LogP contribution in [0.4, 0.5) is 0 Å². The van der Waals surface area contributed by atoms with Crippen LogP contribution in [0.15, 0.2) is 48.7 Å². The van der Waals surface area contributed by atoms with Gasteiger partial charge >= 0.3 is 5.97 Å². The summed E-state index contributed by atoms with van der Waals surface area (Å²) in [6.45, 7) is 3.53. The summed E-state index contributed by atoms with van der Waals surface area (Å²) in [5.74, 6) is -2.09. The first-order chi connectivity index (χ1) is 12.4. The molecule has 0 atom stereocenters. The zero-order chi connectivity index (χ0) is 18.8. The number of aliphatic carboxylic acids is 1. The van der Waals surface area contributed by atoms with Crippen molar-refractivity contribution in [2.45, 2.75) is 6.54 Å². The number of carbonyl (C=O) groups is 3. The van der Waals surface area contributed by atoms with E-state index in [2.05, 4.69) is 11.9 Å². The summed E-state index contributed by atoms with van der Waals surface area (Å²) in [6.07, 6.45) is 4.57. The minimum atomic E-state index is -0.987. The van der Waals surface area contributed by atoms with Gasteiger partial charge in [0.15, 0.2) is 5.11 Å². The Kier molecular flexibility index (Phi) is 4.68. The van der Waals surface area contributed by atoms with Gasteiger partial charge in [-0.05, 0) is 24.4 Å². The average molecular weight is 369 g/mol. The molecule has 2 amide bonds. The van der Waals surface area contributed by atoms with E-state index < -0.39 is 17.8 Å². The molecule has 1 aliphatic rings. The topological polar surface area (TPSA) is 91.6 Å². The number of benzene rings is 1. The van der Waals surface area contributed by atoms with Gasteiger partial charge in [0, 0.05) is 29.2 Å². The number of carbonyl (C=O) groups excluding carboxylic acids is 2. The van der Waals surface area contributed by atoms with Crippen molar-refractivity contribution < 1.29 is 19.5 Å². The molecule has 0 spiro atoms. The van der Waals surface area contributed by atoms with E-state index in [1.807, 2.05) is 0 Å². The molecule has 0 unspecified atom stereocenters. The SMILES string of the molecule is C=CCN1C(=O)/C(=C\c2cn(CC(=O)O)c3ccccc23)C(=O)NC1=S. The van der Waals surface area contributed by atoms with E-state index in [-0.39, 0.29) is 23.8 Å². The van der Waals surface area contributed by atoms with Gasteiger partial charge in [-0.15, -0.1) is 6.58 Å². The van der Waals surface area contributed by atoms with Crippen LogP contribution in [0.1, 0.15) is 5.56 Å². The van der Waals surface area contributed by atoms with E-state index in [1.54, 1.807) is 35.0 Å². The van der Waals surface area contributed by atoms with Crippen molar-refractivity contribution in [3.05, 3.63) is 54.3 Å². The van der Waals surface area contributed by atoms with Crippen molar-refractivity contribution in [2.75, 3.05) is 6.54 Å². The van der Waals surface area contributed by atoms with E-state index >= 15 is 0 Å². The first-order valence-electron chi connectivity index (χ1n) is 7.72. The lowest BCUT2D eigenvalue weighted by molar-refractivity contribution is -0.137. The number of para-hydroxylation sites is 1. The number of hydrogen-bond donors (Lipinski definition) is 2. The maximum Gasteiger partial charge on any atom is 0.323 e. The predicted molar refractivity (Wildman–Crippen MR) is 100 cm³/mol. The number of rotatable bonds is 5. The Balaban J connectivity index is 2.10. The number of hydrogen-bond acceptors (Lipinski definition) is 4. The number of fused-ring (bicyclic) bond motifs is 1. The Labute approximate surface area is 154 Å². The molecule has 1 saturated heterocycles. The smallest absolute Gasteiger partial charge is 0.323 e. The molecular formula is C18H15N3O4S. The quantitative estimate of drug-likeness (QED) is 0.361. The minimum absolute atomic E-state index is 0.0327. The Morgan fingerprint density at radius 3 is 2.73 bits per heavy atom. The van der Waals surface area contributed by atoms with Crippen LogP contribution in [-0.4, -0.2) is 44.0 Å². The monoisotopic (exact) mass is 369 g/mol. The van der Waals surface area contributed by atoms with Gasteiger partial charge in [-0.25, -0.2) is 0 Å². The van der Waals surface area contributed by atoms with Gasteiger partial charge in [-0.1, -0.05) is 24.3 Å². The largest absolute Gasteiger partial charge is 0.480 e. The zero-order valence-electron chi connectivity index (χ0n) is 13.6. The highest BCUT2D eigenvalue weighted by molar-refractivity contribution is 7.80. The van der Waals surface area contributed by atoms with E-state index in [0.717, 1.165) is 5.39 Å². The molecule has 1 aromatic carbocycles. The fourth-order valence-corrected chi connectivity index (χ4v) is 3.06. The number of nitrogens with zero attached hydrogens (tertiary/aromatic N) is 2. The standard InChI is InChI=1S/C18H15N3O4S/c1-2-7-21-17(25)13(16(24)19-18(21)26)8-11-9-20(10-15(22)23)14-6-4-3-5-12(11)14/h2-6,8-9H,1,7,10H2,(H,22,23)(H,19,24,26)/b13-8-. The van der Waals surface area contributed by atoms with Gasteiger partial charge < -0.3 is 9.67 Å². The number of nitrogens with one attached hydrogen (secondary N) is 1. The van der Waals surface area contributed by atoms with Crippen LogP contribution in [0, 0.1) is 0 Å². The summed E-state index contributed by atoms with van der Waals surface area (Å²) < 4.78 is 1.56. The van der Waals surface area contributed by atoms with Crippen LogP contribution in [-0.2, 0) is 20.9 Å². The highest BCUT2D eigenvalue weighted by atomic mass is 32.1. The van der Waals surface area contributed by atoms with Crippen molar-refractivity contribution in [1.29, 1.82) is 0 Å². The lowest BCUT2D eigenvalue weighted by atomic mass is 10.1. The zero-order valence-corrected chi connectivity index (χ0v) is 14.5. The van der Waals surface area contributed by atoms with Crippen molar-refractivity contribution in [2.24, 2.45) is 0 Å². The molecule has 1 fully saturated rings. The molecule has 132 valence electrons. The molecule has 8 heteroatoms. The number of amides is 2. The molecule has 0 radical (unpaired) electrons. The normalized spacial score (nSPS) is 16.2. The lowest BCUT2D eigenvalue weighted by Crippen LogP contribution is -2.53. The molecule has 3 rings (SSSR count). The predicted octanol–water partition coefficient (Wildman–Crippen LogP) is 1.54. The first-order valence-corrected chi connectivity index (χ1v) is 8.12. The Hall–Kier alpha value is -3.26. The number of thiocarbonyl (C=S) groups is 1. The summed E-state index contributed by atoms with van der Waals surface area (Å²) in [5, 5.41) is 12.3. The highest BCUT2D eigenvalue weighted by Crippen LogP contribution is 2.25. The van der Waals surface area contributed by atoms with E-state index in [1.165, 1.54) is 17.1 Å². The van der Waals surface area contributed by atoms with Crippen LogP contribution in [0.3, 0.4) is 0 Å². The summed E-state index contributed by atoms with van der Waals surface area (Å²) >= 11 is 5.02. The minimum Gasteiger partial charge on any atom is -0.480 e. The van der Waals surface area contributed by atoms with Gasteiger partial charge in [0.2, 0.25) is 0 Å². The van der Waals surface area contributed by atoms with Gasteiger partial charge in [-0.2, -0.15) is 0 Å². The fourth-order valence-electron chi connectivity index (χ4n) is 2.81. The Bertz CT molecular complexity index is 989. The molecule has 7 nitrogen and oxygen atoms in total.